The highest BCUT2D eigenvalue weighted by Gasteiger charge is 2.08. The maximum absolute atomic E-state index is 9.33. The summed E-state index contributed by atoms with van der Waals surface area (Å²) < 4.78 is 5.36. The quantitative estimate of drug-likeness (QED) is 0.239. The largest absolute Gasteiger partial charge is 0.497 e. The smallest absolute Gasteiger partial charge is 0.224 e. The van der Waals surface area contributed by atoms with Crippen LogP contribution in [-0.2, 0) is 13.0 Å². The van der Waals surface area contributed by atoms with Crippen LogP contribution in [0.2, 0.25) is 0 Å². The summed E-state index contributed by atoms with van der Waals surface area (Å²) in [5.74, 6) is 2.15. The summed E-state index contributed by atoms with van der Waals surface area (Å²) in [6.45, 7) is 2.64. The molecule has 168 valence electrons. The zero-order chi connectivity index (χ0) is 22.8. The standard InChI is InChI=1S/C25H26N6O2/c1-15-9-24(30-18-3-5-22-17(10-18)11-19(14-32)29-22)31-25(28-15)26-8-7-16-13-27-23-6-4-20(33-2)12-21(16)23/h3-6,9-13,27,29,32H,7-8,14H2,1-2H3,(H2,26,28,30,31). The Hall–Kier alpha value is -4.04. The molecular formula is C25H26N6O2. The fourth-order valence-corrected chi connectivity index (χ4v) is 4.02. The Morgan fingerprint density at radius 1 is 1.03 bits per heavy atom. The molecule has 0 saturated carbocycles. The summed E-state index contributed by atoms with van der Waals surface area (Å²) in [6, 6.07) is 15.9. The highest BCUT2D eigenvalue weighted by Crippen LogP contribution is 2.25. The number of aliphatic hydroxyl groups is 1. The third-order valence-electron chi connectivity index (χ3n) is 5.63. The van der Waals surface area contributed by atoms with Gasteiger partial charge in [0.25, 0.3) is 0 Å². The molecule has 33 heavy (non-hydrogen) atoms. The number of aliphatic hydroxyl groups excluding tert-OH is 1. The van der Waals surface area contributed by atoms with E-state index >= 15 is 0 Å². The SMILES string of the molecule is COc1ccc2[nH]cc(CCNc3nc(C)cc(Nc4ccc5[nH]c(CO)cc5c4)n3)c2c1. The lowest BCUT2D eigenvalue weighted by atomic mass is 10.1. The highest BCUT2D eigenvalue weighted by atomic mass is 16.5. The normalized spacial score (nSPS) is 11.2. The summed E-state index contributed by atoms with van der Waals surface area (Å²) in [5.41, 5.74) is 5.87. The van der Waals surface area contributed by atoms with E-state index in [0.29, 0.717) is 12.5 Å². The Morgan fingerprint density at radius 2 is 1.91 bits per heavy atom. The first-order chi connectivity index (χ1) is 16.1. The van der Waals surface area contributed by atoms with E-state index in [1.807, 2.05) is 55.6 Å². The van der Waals surface area contributed by atoms with Gasteiger partial charge in [0.05, 0.1) is 13.7 Å². The fourth-order valence-electron chi connectivity index (χ4n) is 4.02. The van der Waals surface area contributed by atoms with E-state index in [-0.39, 0.29) is 6.61 Å². The van der Waals surface area contributed by atoms with Crippen molar-refractivity contribution < 1.29 is 9.84 Å². The molecular weight excluding hydrogens is 416 g/mol. The van der Waals surface area contributed by atoms with E-state index in [1.54, 1.807) is 7.11 Å². The first-order valence-corrected chi connectivity index (χ1v) is 10.8. The molecule has 0 saturated heterocycles. The number of benzene rings is 2. The molecule has 3 aromatic heterocycles. The van der Waals surface area contributed by atoms with Crippen molar-refractivity contribution in [2.24, 2.45) is 0 Å². The highest BCUT2D eigenvalue weighted by molar-refractivity contribution is 5.85. The zero-order valence-corrected chi connectivity index (χ0v) is 18.6. The van der Waals surface area contributed by atoms with Gasteiger partial charge < -0.3 is 30.4 Å². The van der Waals surface area contributed by atoms with Crippen LogP contribution in [0.3, 0.4) is 0 Å². The minimum absolute atomic E-state index is 0.0102. The van der Waals surface area contributed by atoms with E-state index in [9.17, 15) is 5.11 Å². The molecule has 8 nitrogen and oxygen atoms in total. The number of aromatic nitrogens is 4. The monoisotopic (exact) mass is 442 g/mol. The molecule has 8 heteroatoms. The van der Waals surface area contributed by atoms with Crippen molar-refractivity contribution in [2.45, 2.75) is 20.0 Å². The van der Waals surface area contributed by atoms with Crippen LogP contribution < -0.4 is 15.4 Å². The van der Waals surface area contributed by atoms with Gasteiger partial charge >= 0.3 is 0 Å². The number of H-pyrrole nitrogens is 2. The summed E-state index contributed by atoms with van der Waals surface area (Å²) in [6.07, 6.45) is 2.86. The molecule has 0 aliphatic heterocycles. The summed E-state index contributed by atoms with van der Waals surface area (Å²) in [7, 11) is 1.68. The lowest BCUT2D eigenvalue weighted by molar-refractivity contribution is 0.278. The van der Waals surface area contributed by atoms with Gasteiger partial charge in [-0.25, -0.2) is 4.98 Å². The van der Waals surface area contributed by atoms with Gasteiger partial charge in [-0.15, -0.1) is 0 Å². The van der Waals surface area contributed by atoms with E-state index in [2.05, 4.69) is 36.6 Å². The lowest BCUT2D eigenvalue weighted by Crippen LogP contribution is -2.09. The number of hydrogen-bond donors (Lipinski definition) is 5. The van der Waals surface area contributed by atoms with Crippen LogP contribution >= 0.6 is 0 Å². The predicted octanol–water partition coefficient (Wildman–Crippen LogP) is 4.65. The number of nitrogens with one attached hydrogen (secondary N) is 4. The fraction of sp³-hybridized carbons (Fsp3) is 0.200. The number of aromatic amines is 2. The molecule has 0 aliphatic carbocycles. The Morgan fingerprint density at radius 3 is 2.76 bits per heavy atom. The first kappa shape index (κ1) is 20.8. The molecule has 0 aliphatic rings. The number of hydrogen-bond acceptors (Lipinski definition) is 6. The van der Waals surface area contributed by atoms with Crippen molar-refractivity contribution in [2.75, 3.05) is 24.3 Å². The molecule has 0 bridgehead atoms. The van der Waals surface area contributed by atoms with Crippen LogP contribution in [0.5, 0.6) is 5.75 Å². The van der Waals surface area contributed by atoms with Gasteiger partial charge in [-0.1, -0.05) is 0 Å². The van der Waals surface area contributed by atoms with E-state index in [1.165, 1.54) is 5.56 Å². The van der Waals surface area contributed by atoms with Crippen molar-refractivity contribution in [1.29, 1.82) is 0 Å². The van der Waals surface area contributed by atoms with E-state index in [0.717, 1.165) is 56.9 Å². The van der Waals surface area contributed by atoms with Crippen LogP contribution in [0.25, 0.3) is 21.8 Å². The number of ether oxygens (including phenoxy) is 1. The molecule has 5 rings (SSSR count). The lowest BCUT2D eigenvalue weighted by Gasteiger charge is -2.10. The van der Waals surface area contributed by atoms with Crippen molar-refractivity contribution in [1.82, 2.24) is 19.9 Å². The van der Waals surface area contributed by atoms with Crippen molar-refractivity contribution >= 4 is 39.3 Å². The number of fused-ring (bicyclic) bond motifs is 2. The average Bonchev–Trinajstić information content (AvgIpc) is 3.41. The summed E-state index contributed by atoms with van der Waals surface area (Å²) >= 11 is 0. The second kappa shape index (κ2) is 8.84. The number of rotatable bonds is 8. The van der Waals surface area contributed by atoms with Gasteiger partial charge in [0.1, 0.15) is 11.6 Å². The van der Waals surface area contributed by atoms with Gasteiger partial charge in [-0.3, -0.25) is 0 Å². The van der Waals surface area contributed by atoms with E-state index in [4.69, 9.17) is 4.74 Å². The summed E-state index contributed by atoms with van der Waals surface area (Å²) in [4.78, 5) is 15.7. The van der Waals surface area contributed by atoms with Crippen LogP contribution in [0.4, 0.5) is 17.5 Å². The number of anilines is 3. The van der Waals surface area contributed by atoms with Gasteiger partial charge in [0.2, 0.25) is 5.95 Å². The van der Waals surface area contributed by atoms with Crippen LogP contribution in [0, 0.1) is 6.92 Å². The van der Waals surface area contributed by atoms with Crippen molar-refractivity contribution in [3.05, 3.63) is 71.7 Å². The predicted molar refractivity (Wildman–Crippen MR) is 131 cm³/mol. The molecule has 0 radical (unpaired) electrons. The Bertz CT molecular complexity index is 1420. The number of nitrogens with zero attached hydrogens (tertiary/aromatic N) is 2. The minimum Gasteiger partial charge on any atom is -0.497 e. The van der Waals surface area contributed by atoms with Crippen LogP contribution in [-0.4, -0.2) is 38.7 Å². The van der Waals surface area contributed by atoms with Gasteiger partial charge in [-0.05, 0) is 61.4 Å². The second-order valence-corrected chi connectivity index (χ2v) is 8.00. The zero-order valence-electron chi connectivity index (χ0n) is 18.6. The number of aryl methyl sites for hydroxylation is 1. The molecule has 5 N–H and O–H groups in total. The third kappa shape index (κ3) is 4.47. The van der Waals surface area contributed by atoms with Crippen LogP contribution in [0.1, 0.15) is 17.0 Å². The van der Waals surface area contributed by atoms with Crippen LogP contribution in [0.15, 0.2) is 54.7 Å². The maximum atomic E-state index is 9.33. The van der Waals surface area contributed by atoms with Crippen molar-refractivity contribution in [3.63, 3.8) is 0 Å². The number of methoxy groups -OCH3 is 1. The first-order valence-electron chi connectivity index (χ1n) is 10.8. The molecule has 3 heterocycles. The van der Waals surface area contributed by atoms with Gasteiger partial charge in [-0.2, -0.15) is 4.98 Å². The Kier molecular flexibility index (Phi) is 5.58. The summed E-state index contributed by atoms with van der Waals surface area (Å²) in [5, 5.41) is 18.2. The molecule has 0 spiro atoms. The molecule has 0 amide bonds. The molecule has 2 aromatic carbocycles. The van der Waals surface area contributed by atoms with Gasteiger partial charge in [0.15, 0.2) is 0 Å². The Labute approximate surface area is 191 Å². The minimum atomic E-state index is -0.0102. The molecule has 5 aromatic rings. The van der Waals surface area contributed by atoms with Crippen molar-refractivity contribution in [3.8, 4) is 5.75 Å². The van der Waals surface area contributed by atoms with Gasteiger partial charge in [0, 0.05) is 57.7 Å². The topological polar surface area (TPSA) is 111 Å². The molecule has 0 fully saturated rings. The Balaban J connectivity index is 1.28. The molecule has 0 unspecified atom stereocenters. The third-order valence-corrected chi connectivity index (χ3v) is 5.63. The van der Waals surface area contributed by atoms with E-state index < -0.39 is 0 Å². The maximum Gasteiger partial charge on any atom is 0.224 e. The molecule has 0 atom stereocenters. The average molecular weight is 443 g/mol. The second-order valence-electron chi connectivity index (χ2n) is 8.00.